The molecule has 0 fully saturated rings. The number of hydrogen-bond acceptors (Lipinski definition) is 6. The van der Waals surface area contributed by atoms with Crippen molar-refractivity contribution in [2.45, 2.75) is 30.1 Å². The number of esters is 2. The van der Waals surface area contributed by atoms with Crippen LogP contribution in [0.15, 0.2) is 95.9 Å². The number of hydrogen-bond donors (Lipinski definition) is 1. The van der Waals surface area contributed by atoms with Gasteiger partial charge in [-0.2, -0.15) is 0 Å². The Hall–Kier alpha value is -3.52. The third kappa shape index (κ3) is 6.97. The number of methoxy groups -OCH3 is 1. The van der Waals surface area contributed by atoms with Gasteiger partial charge in [0.05, 0.1) is 30.5 Å². The summed E-state index contributed by atoms with van der Waals surface area (Å²) in [6.07, 6.45) is 9.07. The summed E-state index contributed by atoms with van der Waals surface area (Å²) >= 11 is 18.4. The molecule has 7 nitrogen and oxygen atoms in total. The minimum Gasteiger partial charge on any atom is -0.466 e. The molecule has 1 atom stereocenters. The molecule has 40 heavy (non-hydrogen) atoms. The van der Waals surface area contributed by atoms with Crippen molar-refractivity contribution in [3.05, 3.63) is 118 Å². The van der Waals surface area contributed by atoms with E-state index < -0.39 is 21.6 Å². The number of rotatable bonds is 8. The second-order valence-electron chi connectivity index (χ2n) is 9.23. The van der Waals surface area contributed by atoms with Crippen LogP contribution >= 0.6 is 34.8 Å². The number of halogens is 3. The number of benzene rings is 2. The average molecular weight is 601 g/mol. The molecular weight excluding hydrogens is 573 g/mol. The Bertz CT molecular complexity index is 1470. The van der Waals surface area contributed by atoms with Crippen LogP contribution in [0.2, 0.25) is 0 Å². The third-order valence-electron chi connectivity index (χ3n) is 6.46. The summed E-state index contributed by atoms with van der Waals surface area (Å²) in [7, 11) is 1.29. The number of nitrogens with zero attached hydrogens (tertiary/aromatic N) is 2. The van der Waals surface area contributed by atoms with Gasteiger partial charge < -0.3 is 19.4 Å². The number of aromatic nitrogens is 2. The molecule has 10 heteroatoms. The molecule has 3 aromatic rings. The Morgan fingerprint density at radius 2 is 1.75 bits per heavy atom. The van der Waals surface area contributed by atoms with Gasteiger partial charge in [-0.15, -0.1) is 0 Å². The van der Waals surface area contributed by atoms with Gasteiger partial charge in [0.25, 0.3) is 0 Å². The average Bonchev–Trinajstić information content (AvgIpc) is 3.44. The number of nitrogens with one attached hydrogen (secondary N) is 1. The number of carbonyl (C=O) groups excluding carboxylic acids is 2. The summed E-state index contributed by atoms with van der Waals surface area (Å²) in [6.45, 7) is 4.26. The topological polar surface area (TPSA) is 82.5 Å². The summed E-state index contributed by atoms with van der Waals surface area (Å²) in [5.74, 6) is -1.95. The third-order valence-corrected chi connectivity index (χ3v) is 7.11. The van der Waals surface area contributed by atoms with E-state index in [1.807, 2.05) is 41.1 Å². The number of carbonyl (C=O) groups is 2. The fourth-order valence-corrected chi connectivity index (χ4v) is 4.94. The molecule has 1 aliphatic rings. The smallest absolute Gasteiger partial charge is 0.337 e. The molecule has 4 rings (SSSR count). The van der Waals surface area contributed by atoms with E-state index in [2.05, 4.69) is 10.3 Å². The molecule has 0 amide bonds. The van der Waals surface area contributed by atoms with Gasteiger partial charge in [0, 0.05) is 35.9 Å². The summed E-state index contributed by atoms with van der Waals surface area (Å²) in [5.41, 5.74) is 4.75. The SMILES string of the molecule is COC(=O)C1=C(C)NC(C)=C(C(=O)OC/C=C/c2ccc(Cn3ccnc3)cc2)C1c1cccc(C(Cl)(Cl)Cl)c1. The molecule has 0 spiro atoms. The van der Waals surface area contributed by atoms with Gasteiger partial charge in [0.15, 0.2) is 0 Å². The fraction of sp³-hybridized carbons (Fsp3) is 0.233. The van der Waals surface area contributed by atoms with Gasteiger partial charge in [0.2, 0.25) is 3.79 Å². The predicted octanol–water partition coefficient (Wildman–Crippen LogP) is 6.42. The lowest BCUT2D eigenvalue weighted by Gasteiger charge is -2.30. The number of dihydropyridines is 1. The van der Waals surface area contributed by atoms with Crippen molar-refractivity contribution in [1.29, 1.82) is 0 Å². The van der Waals surface area contributed by atoms with Crippen molar-refractivity contribution in [3.63, 3.8) is 0 Å². The molecule has 1 unspecified atom stereocenters. The quantitative estimate of drug-likeness (QED) is 0.237. The van der Waals surface area contributed by atoms with Crippen molar-refractivity contribution in [2.75, 3.05) is 13.7 Å². The highest BCUT2D eigenvalue weighted by molar-refractivity contribution is 6.66. The van der Waals surface area contributed by atoms with E-state index in [1.54, 1.807) is 56.7 Å². The zero-order valence-electron chi connectivity index (χ0n) is 22.2. The zero-order chi connectivity index (χ0) is 28.9. The Kier molecular flexibility index (Phi) is 9.40. The molecule has 1 N–H and O–H groups in total. The molecule has 208 valence electrons. The summed E-state index contributed by atoms with van der Waals surface area (Å²) in [4.78, 5) is 30.3. The summed E-state index contributed by atoms with van der Waals surface area (Å²) < 4.78 is 11.0. The molecule has 2 aromatic carbocycles. The van der Waals surface area contributed by atoms with Gasteiger partial charge in [-0.25, -0.2) is 14.6 Å². The molecule has 0 aliphatic carbocycles. The normalized spacial score (nSPS) is 15.8. The fourth-order valence-electron chi connectivity index (χ4n) is 4.58. The number of ether oxygens (including phenoxy) is 2. The molecular formula is C30H28Cl3N3O4. The van der Waals surface area contributed by atoms with Crippen LogP contribution in [0.3, 0.4) is 0 Å². The van der Waals surface area contributed by atoms with Crippen molar-refractivity contribution < 1.29 is 19.1 Å². The molecule has 0 saturated carbocycles. The van der Waals surface area contributed by atoms with Crippen molar-refractivity contribution >= 4 is 52.8 Å². The Morgan fingerprint density at radius 3 is 2.38 bits per heavy atom. The zero-order valence-corrected chi connectivity index (χ0v) is 24.4. The predicted molar refractivity (Wildman–Crippen MR) is 157 cm³/mol. The largest absolute Gasteiger partial charge is 0.466 e. The van der Waals surface area contributed by atoms with Gasteiger partial charge in [0.1, 0.15) is 6.61 Å². The molecule has 1 aromatic heterocycles. The van der Waals surface area contributed by atoms with Crippen LogP contribution in [-0.2, 0) is 29.4 Å². The summed E-state index contributed by atoms with van der Waals surface area (Å²) in [5, 5.41) is 3.11. The monoisotopic (exact) mass is 599 g/mol. The highest BCUT2D eigenvalue weighted by Gasteiger charge is 2.38. The number of allylic oxidation sites excluding steroid dienone is 2. The van der Waals surface area contributed by atoms with Crippen molar-refractivity contribution in [1.82, 2.24) is 14.9 Å². The lowest BCUT2D eigenvalue weighted by Crippen LogP contribution is -2.32. The highest BCUT2D eigenvalue weighted by atomic mass is 35.6. The van der Waals surface area contributed by atoms with Gasteiger partial charge >= 0.3 is 11.9 Å². The highest BCUT2D eigenvalue weighted by Crippen LogP contribution is 2.43. The number of imidazole rings is 1. The number of alkyl halides is 3. The standard InChI is InChI=1S/C30H28Cl3N3O4/c1-19-25(28(37)39-3)27(23-7-4-8-24(16-23)30(31,32)33)26(20(2)35-19)29(38)40-15-5-6-21-9-11-22(12-10-21)17-36-14-13-34-18-36/h4-14,16,18,27,35H,15,17H2,1-3H3/b6-5+. The first-order chi connectivity index (χ1) is 19.1. The lowest BCUT2D eigenvalue weighted by molar-refractivity contribution is -0.138. The lowest BCUT2D eigenvalue weighted by atomic mass is 9.80. The van der Waals surface area contributed by atoms with E-state index in [4.69, 9.17) is 44.3 Å². The van der Waals surface area contributed by atoms with Crippen molar-refractivity contribution in [3.8, 4) is 0 Å². The molecule has 1 aliphatic heterocycles. The Balaban J connectivity index is 1.52. The summed E-state index contributed by atoms with van der Waals surface area (Å²) in [6, 6.07) is 14.9. The van der Waals surface area contributed by atoms with Gasteiger partial charge in [-0.1, -0.05) is 89.4 Å². The van der Waals surface area contributed by atoms with Crippen LogP contribution in [0.25, 0.3) is 6.08 Å². The Labute approximate surface area is 248 Å². The maximum absolute atomic E-state index is 13.4. The van der Waals surface area contributed by atoms with Gasteiger partial charge in [-0.05, 0) is 36.6 Å². The van der Waals surface area contributed by atoms with E-state index in [1.165, 1.54) is 7.11 Å². The first kappa shape index (κ1) is 29.5. The Morgan fingerprint density at radius 1 is 1.05 bits per heavy atom. The van der Waals surface area contributed by atoms with Crippen LogP contribution in [0, 0.1) is 0 Å². The minimum atomic E-state index is -1.69. The molecule has 2 heterocycles. The van der Waals surface area contributed by atoms with Crippen LogP contribution in [0.5, 0.6) is 0 Å². The van der Waals surface area contributed by atoms with E-state index in [0.29, 0.717) is 22.5 Å². The first-order valence-corrected chi connectivity index (χ1v) is 13.5. The van der Waals surface area contributed by atoms with E-state index >= 15 is 0 Å². The first-order valence-electron chi connectivity index (χ1n) is 12.4. The van der Waals surface area contributed by atoms with E-state index in [-0.39, 0.29) is 17.8 Å². The molecule has 0 saturated heterocycles. The minimum absolute atomic E-state index is 0.0313. The molecule has 0 bridgehead atoms. The van der Waals surface area contributed by atoms with Crippen LogP contribution < -0.4 is 5.32 Å². The van der Waals surface area contributed by atoms with E-state index in [9.17, 15) is 9.59 Å². The van der Waals surface area contributed by atoms with Crippen LogP contribution in [-0.4, -0.2) is 35.2 Å². The van der Waals surface area contributed by atoms with Gasteiger partial charge in [-0.3, -0.25) is 0 Å². The van der Waals surface area contributed by atoms with Crippen LogP contribution in [0.4, 0.5) is 0 Å². The second kappa shape index (κ2) is 12.8. The van der Waals surface area contributed by atoms with E-state index in [0.717, 1.165) is 17.7 Å². The molecule has 0 radical (unpaired) electrons. The van der Waals surface area contributed by atoms with Crippen LogP contribution in [0.1, 0.15) is 42.0 Å². The maximum atomic E-state index is 13.4. The van der Waals surface area contributed by atoms with Crippen molar-refractivity contribution in [2.24, 2.45) is 0 Å². The maximum Gasteiger partial charge on any atom is 0.337 e. The second-order valence-corrected chi connectivity index (χ2v) is 11.5.